The zero-order valence-electron chi connectivity index (χ0n) is 20.3. The van der Waals surface area contributed by atoms with Crippen LogP contribution in [0.1, 0.15) is 37.7 Å². The number of anilines is 1. The number of likely N-dealkylation sites (N-methyl/N-ethyl adjacent to an activating group) is 1. The number of carbonyl (C=O) groups excluding carboxylic acids is 1. The van der Waals surface area contributed by atoms with Crippen molar-refractivity contribution >= 4 is 23.2 Å². The van der Waals surface area contributed by atoms with Crippen molar-refractivity contribution < 1.29 is 14.7 Å². The summed E-state index contributed by atoms with van der Waals surface area (Å²) in [6.07, 6.45) is 1.22. The van der Waals surface area contributed by atoms with E-state index in [0.29, 0.717) is 11.1 Å². The van der Waals surface area contributed by atoms with E-state index >= 15 is 0 Å². The summed E-state index contributed by atoms with van der Waals surface area (Å²) in [5.74, 6) is 4.79. The average Bonchev–Trinajstić information content (AvgIpc) is 3.32. The van der Waals surface area contributed by atoms with Crippen molar-refractivity contribution in [3.05, 3.63) is 88.9 Å². The third kappa shape index (κ3) is 5.81. The SMILES string of the molecule is CN1CCN(Cc2ccc(NC(=O)c3cccc(C#Cc4nnc5cc(C(=O)O)cnn45)c3)cc2)CC1. The summed E-state index contributed by atoms with van der Waals surface area (Å²) >= 11 is 0. The fourth-order valence-electron chi connectivity index (χ4n) is 4.01. The van der Waals surface area contributed by atoms with Gasteiger partial charge < -0.3 is 15.3 Å². The number of carboxylic acids is 1. The first-order valence-corrected chi connectivity index (χ1v) is 11.8. The number of fused-ring (bicyclic) bond motifs is 1. The fraction of sp³-hybridized carbons (Fsp3) is 0.222. The molecule has 1 saturated heterocycles. The Kier molecular flexibility index (Phi) is 6.89. The summed E-state index contributed by atoms with van der Waals surface area (Å²) in [5, 5.41) is 24.0. The molecule has 0 saturated carbocycles. The van der Waals surface area contributed by atoms with Gasteiger partial charge in [0.15, 0.2) is 5.65 Å². The zero-order valence-corrected chi connectivity index (χ0v) is 20.3. The van der Waals surface area contributed by atoms with E-state index in [2.05, 4.69) is 49.3 Å². The lowest BCUT2D eigenvalue weighted by atomic mass is 10.1. The number of aromatic nitrogens is 4. The molecule has 37 heavy (non-hydrogen) atoms. The number of rotatable bonds is 5. The van der Waals surface area contributed by atoms with Gasteiger partial charge in [0.2, 0.25) is 5.82 Å². The molecule has 3 heterocycles. The lowest BCUT2D eigenvalue weighted by molar-refractivity contribution is 0.0696. The number of benzene rings is 2. The van der Waals surface area contributed by atoms with Crippen molar-refractivity contribution in [2.45, 2.75) is 6.54 Å². The second-order valence-electron chi connectivity index (χ2n) is 8.90. The largest absolute Gasteiger partial charge is 0.478 e. The molecule has 0 aliphatic carbocycles. The fourth-order valence-corrected chi connectivity index (χ4v) is 4.01. The van der Waals surface area contributed by atoms with Crippen molar-refractivity contribution in [3.8, 4) is 11.8 Å². The van der Waals surface area contributed by atoms with E-state index in [1.54, 1.807) is 24.3 Å². The highest BCUT2D eigenvalue weighted by molar-refractivity contribution is 6.04. The van der Waals surface area contributed by atoms with E-state index < -0.39 is 5.97 Å². The quantitative estimate of drug-likeness (QED) is 0.405. The molecule has 10 nitrogen and oxygen atoms in total. The van der Waals surface area contributed by atoms with Gasteiger partial charge in [-0.1, -0.05) is 24.1 Å². The molecule has 0 radical (unpaired) electrons. The maximum absolute atomic E-state index is 12.8. The molecular formula is C27H25N7O3. The number of carboxylic acid groups (broad SMARTS) is 1. The van der Waals surface area contributed by atoms with Crippen LogP contribution in [-0.4, -0.2) is 79.8 Å². The number of hydrogen-bond acceptors (Lipinski definition) is 7. The molecule has 2 aromatic heterocycles. The molecule has 0 spiro atoms. The summed E-state index contributed by atoms with van der Waals surface area (Å²) in [6.45, 7) is 5.18. The lowest BCUT2D eigenvalue weighted by Crippen LogP contribution is -2.43. The van der Waals surface area contributed by atoms with Crippen molar-refractivity contribution in [2.24, 2.45) is 0 Å². The Morgan fingerprint density at radius 2 is 1.76 bits per heavy atom. The predicted octanol–water partition coefficient (Wildman–Crippen LogP) is 2.22. The molecular weight excluding hydrogens is 470 g/mol. The minimum atomic E-state index is -1.10. The number of piperazine rings is 1. The van der Waals surface area contributed by atoms with E-state index in [-0.39, 0.29) is 22.9 Å². The van der Waals surface area contributed by atoms with Crippen LogP contribution in [-0.2, 0) is 6.54 Å². The first kappa shape index (κ1) is 24.1. The van der Waals surface area contributed by atoms with Crippen LogP contribution in [0.4, 0.5) is 5.69 Å². The van der Waals surface area contributed by atoms with Crippen LogP contribution < -0.4 is 5.32 Å². The molecule has 4 aromatic rings. The van der Waals surface area contributed by atoms with E-state index in [1.165, 1.54) is 22.3 Å². The van der Waals surface area contributed by atoms with E-state index in [9.17, 15) is 9.59 Å². The Balaban J connectivity index is 1.24. The summed E-state index contributed by atoms with van der Waals surface area (Å²) in [4.78, 5) is 28.7. The standard InChI is InChI=1S/C27H25N7O3/c1-32-11-13-33(14-12-32)18-20-5-8-23(9-6-20)29-26(35)21-4-2-3-19(15-21)7-10-24-30-31-25-16-22(27(36)37)17-28-34(24)25/h2-6,8-9,15-17H,11-14,18H2,1H3,(H,29,35)(H,36,37). The first-order valence-electron chi connectivity index (χ1n) is 11.8. The monoisotopic (exact) mass is 495 g/mol. The molecule has 2 aromatic carbocycles. The van der Waals surface area contributed by atoms with Gasteiger partial charge in [-0.2, -0.15) is 9.61 Å². The minimum Gasteiger partial charge on any atom is -0.478 e. The molecule has 1 aliphatic heterocycles. The van der Waals surface area contributed by atoms with Crippen LogP contribution in [0.5, 0.6) is 0 Å². The van der Waals surface area contributed by atoms with Crippen molar-refractivity contribution in [3.63, 3.8) is 0 Å². The van der Waals surface area contributed by atoms with Gasteiger partial charge in [0.1, 0.15) is 0 Å². The molecule has 0 atom stereocenters. The summed E-state index contributed by atoms with van der Waals surface area (Å²) in [7, 11) is 2.15. The Hall–Kier alpha value is -4.59. The van der Waals surface area contributed by atoms with Crippen LogP contribution in [0, 0.1) is 11.8 Å². The van der Waals surface area contributed by atoms with Crippen molar-refractivity contribution in [2.75, 3.05) is 38.5 Å². The number of amides is 1. The van der Waals surface area contributed by atoms with Gasteiger partial charge in [0.05, 0.1) is 11.8 Å². The molecule has 1 fully saturated rings. The minimum absolute atomic E-state index is 0.0165. The smallest absolute Gasteiger partial charge is 0.337 e. The lowest BCUT2D eigenvalue weighted by Gasteiger charge is -2.32. The highest BCUT2D eigenvalue weighted by Gasteiger charge is 2.14. The second kappa shape index (κ2) is 10.6. The topological polar surface area (TPSA) is 116 Å². The van der Waals surface area contributed by atoms with Crippen LogP contribution in [0.2, 0.25) is 0 Å². The highest BCUT2D eigenvalue weighted by atomic mass is 16.4. The molecule has 2 N–H and O–H groups in total. The van der Waals surface area contributed by atoms with Gasteiger partial charge >= 0.3 is 5.97 Å². The Bertz CT molecular complexity index is 1510. The summed E-state index contributed by atoms with van der Waals surface area (Å²) in [5.41, 5.74) is 3.34. The van der Waals surface area contributed by atoms with Crippen LogP contribution in [0.15, 0.2) is 60.8 Å². The molecule has 10 heteroatoms. The number of nitrogens with zero attached hydrogens (tertiary/aromatic N) is 6. The molecule has 0 unspecified atom stereocenters. The maximum atomic E-state index is 12.8. The van der Waals surface area contributed by atoms with Gasteiger partial charge in [0.25, 0.3) is 5.91 Å². The molecule has 0 bridgehead atoms. The third-order valence-corrected chi connectivity index (χ3v) is 6.17. The number of nitrogens with one attached hydrogen (secondary N) is 1. The molecule has 5 rings (SSSR count). The zero-order chi connectivity index (χ0) is 25.8. The van der Waals surface area contributed by atoms with Gasteiger partial charge in [-0.15, -0.1) is 10.2 Å². The summed E-state index contributed by atoms with van der Waals surface area (Å²) in [6, 6.07) is 16.3. The number of carbonyl (C=O) groups is 2. The summed E-state index contributed by atoms with van der Waals surface area (Å²) < 4.78 is 1.36. The Labute approximate surface area is 213 Å². The molecule has 1 amide bonds. The highest BCUT2D eigenvalue weighted by Crippen LogP contribution is 2.15. The van der Waals surface area contributed by atoms with Crippen LogP contribution in [0.3, 0.4) is 0 Å². The maximum Gasteiger partial charge on any atom is 0.337 e. The third-order valence-electron chi connectivity index (χ3n) is 6.17. The van der Waals surface area contributed by atoms with Crippen LogP contribution in [0.25, 0.3) is 5.65 Å². The second-order valence-corrected chi connectivity index (χ2v) is 8.90. The van der Waals surface area contributed by atoms with Gasteiger partial charge in [0, 0.05) is 55.6 Å². The van der Waals surface area contributed by atoms with Gasteiger partial charge in [-0.3, -0.25) is 9.69 Å². The van der Waals surface area contributed by atoms with Crippen LogP contribution >= 0.6 is 0 Å². The molecule has 186 valence electrons. The predicted molar refractivity (Wildman–Crippen MR) is 137 cm³/mol. The number of hydrogen-bond donors (Lipinski definition) is 2. The van der Waals surface area contributed by atoms with E-state index in [0.717, 1.165) is 38.4 Å². The van der Waals surface area contributed by atoms with E-state index in [1.807, 2.05) is 24.3 Å². The molecule has 1 aliphatic rings. The van der Waals surface area contributed by atoms with Gasteiger partial charge in [-0.05, 0) is 48.9 Å². The average molecular weight is 496 g/mol. The Morgan fingerprint density at radius 3 is 2.51 bits per heavy atom. The first-order chi connectivity index (χ1) is 17.9. The Morgan fingerprint density at radius 1 is 0.973 bits per heavy atom. The van der Waals surface area contributed by atoms with E-state index in [4.69, 9.17) is 5.11 Å². The van der Waals surface area contributed by atoms with Crippen molar-refractivity contribution in [1.82, 2.24) is 29.6 Å². The normalized spacial score (nSPS) is 14.2. The number of aromatic carboxylic acids is 1. The van der Waals surface area contributed by atoms with Gasteiger partial charge in [-0.25, -0.2) is 4.79 Å². The van der Waals surface area contributed by atoms with Crippen molar-refractivity contribution in [1.29, 1.82) is 0 Å².